The van der Waals surface area contributed by atoms with Crippen LogP contribution in [0.1, 0.15) is 49.7 Å². The van der Waals surface area contributed by atoms with Crippen LogP contribution in [0.15, 0.2) is 18.3 Å². The Morgan fingerprint density at radius 3 is 2.63 bits per heavy atom. The zero-order chi connectivity index (χ0) is 20.2. The van der Waals surface area contributed by atoms with Crippen molar-refractivity contribution in [1.82, 2.24) is 9.88 Å². The fraction of sp³-hybridized carbons (Fsp3) is 0.611. The van der Waals surface area contributed by atoms with E-state index in [1.54, 1.807) is 20.8 Å². The van der Waals surface area contributed by atoms with E-state index in [-0.39, 0.29) is 12.2 Å². The van der Waals surface area contributed by atoms with Gasteiger partial charge in [-0.25, -0.2) is 14.6 Å². The standard InChI is InChI=1S/C18H24F2N2O5/c1-17(2,3)27-16(24)22-9-5-6-13(11-22)26-18(19,20)12-7-8-21-14(10-12)15(23)25-4/h7-8,10,13H,5-6,9,11H2,1-4H3. The molecule has 1 aromatic rings. The first kappa shape index (κ1) is 21.0. The minimum absolute atomic E-state index is 0.000550. The lowest BCUT2D eigenvalue weighted by molar-refractivity contribution is -0.278. The predicted octanol–water partition coefficient (Wildman–Crippen LogP) is 3.33. The third-order valence-corrected chi connectivity index (χ3v) is 3.84. The van der Waals surface area contributed by atoms with Gasteiger partial charge in [-0.3, -0.25) is 0 Å². The normalized spacial score (nSPS) is 18.1. The zero-order valence-electron chi connectivity index (χ0n) is 15.8. The van der Waals surface area contributed by atoms with Crippen molar-refractivity contribution in [2.75, 3.05) is 20.2 Å². The summed E-state index contributed by atoms with van der Waals surface area (Å²) in [7, 11) is 1.14. The third-order valence-electron chi connectivity index (χ3n) is 3.84. The van der Waals surface area contributed by atoms with E-state index in [1.165, 1.54) is 4.90 Å². The highest BCUT2D eigenvalue weighted by molar-refractivity contribution is 5.87. The van der Waals surface area contributed by atoms with Crippen molar-refractivity contribution in [1.29, 1.82) is 0 Å². The minimum Gasteiger partial charge on any atom is -0.464 e. The fourth-order valence-electron chi connectivity index (χ4n) is 2.63. The van der Waals surface area contributed by atoms with Gasteiger partial charge in [0, 0.05) is 12.7 Å². The number of piperidine rings is 1. The van der Waals surface area contributed by atoms with Crippen LogP contribution in [0.5, 0.6) is 0 Å². The number of methoxy groups -OCH3 is 1. The average Bonchev–Trinajstić information content (AvgIpc) is 2.59. The van der Waals surface area contributed by atoms with Crippen molar-refractivity contribution in [2.45, 2.75) is 51.4 Å². The van der Waals surface area contributed by atoms with Crippen LogP contribution >= 0.6 is 0 Å². The number of alkyl halides is 2. The number of aromatic nitrogens is 1. The molecular weight excluding hydrogens is 362 g/mol. The Balaban J connectivity index is 2.06. The average molecular weight is 386 g/mol. The quantitative estimate of drug-likeness (QED) is 0.739. The summed E-state index contributed by atoms with van der Waals surface area (Å²) >= 11 is 0. The topological polar surface area (TPSA) is 78.0 Å². The van der Waals surface area contributed by atoms with Gasteiger partial charge in [-0.1, -0.05) is 0 Å². The Hall–Kier alpha value is -2.29. The highest BCUT2D eigenvalue weighted by Gasteiger charge is 2.39. The number of ether oxygens (including phenoxy) is 3. The van der Waals surface area contributed by atoms with Crippen molar-refractivity contribution in [3.63, 3.8) is 0 Å². The molecular formula is C18H24F2N2O5. The van der Waals surface area contributed by atoms with Gasteiger partial charge in [-0.05, 0) is 45.7 Å². The maximum atomic E-state index is 14.6. The number of nitrogens with zero attached hydrogens (tertiary/aromatic N) is 2. The van der Waals surface area contributed by atoms with Crippen LogP contribution in [0, 0.1) is 0 Å². The van der Waals surface area contributed by atoms with E-state index in [1.807, 2.05) is 0 Å². The Morgan fingerprint density at radius 1 is 1.30 bits per heavy atom. The molecule has 0 radical (unpaired) electrons. The Bertz CT molecular complexity index is 691. The summed E-state index contributed by atoms with van der Waals surface area (Å²) in [6.45, 7) is 5.62. The van der Waals surface area contributed by atoms with Crippen LogP contribution in [-0.4, -0.2) is 53.9 Å². The third kappa shape index (κ3) is 5.85. The Morgan fingerprint density at radius 2 is 2.00 bits per heavy atom. The smallest absolute Gasteiger partial charge is 0.410 e. The lowest BCUT2D eigenvalue weighted by Gasteiger charge is -2.35. The van der Waals surface area contributed by atoms with Crippen molar-refractivity contribution >= 4 is 12.1 Å². The summed E-state index contributed by atoms with van der Waals surface area (Å²) < 4.78 is 43.8. The monoisotopic (exact) mass is 386 g/mol. The van der Waals surface area contributed by atoms with Crippen LogP contribution in [0.25, 0.3) is 0 Å². The number of halogens is 2. The molecule has 1 aromatic heterocycles. The van der Waals surface area contributed by atoms with Gasteiger partial charge in [-0.2, -0.15) is 8.78 Å². The molecule has 27 heavy (non-hydrogen) atoms. The van der Waals surface area contributed by atoms with Gasteiger partial charge in [0.05, 0.1) is 25.3 Å². The molecule has 0 bridgehead atoms. The number of esters is 1. The molecule has 1 saturated heterocycles. The van der Waals surface area contributed by atoms with E-state index < -0.39 is 35.4 Å². The van der Waals surface area contributed by atoms with Gasteiger partial charge in [0.2, 0.25) is 0 Å². The number of hydrogen-bond donors (Lipinski definition) is 0. The Kier molecular flexibility index (Phi) is 6.35. The molecule has 2 rings (SSSR count). The summed E-state index contributed by atoms with van der Waals surface area (Å²) in [5.41, 5.74) is -1.42. The van der Waals surface area contributed by atoms with Crippen LogP contribution in [-0.2, 0) is 20.3 Å². The molecule has 0 aliphatic carbocycles. The number of rotatable bonds is 4. The summed E-state index contributed by atoms with van der Waals surface area (Å²) in [6, 6.07) is 2.00. The predicted molar refractivity (Wildman–Crippen MR) is 91.4 cm³/mol. The molecule has 0 spiro atoms. The van der Waals surface area contributed by atoms with Crippen molar-refractivity contribution in [3.05, 3.63) is 29.6 Å². The molecule has 1 aliphatic heterocycles. The van der Waals surface area contributed by atoms with Crippen molar-refractivity contribution in [2.24, 2.45) is 0 Å². The number of carbonyl (C=O) groups is 2. The molecule has 9 heteroatoms. The summed E-state index contributed by atoms with van der Waals surface area (Å²) in [5.74, 6) is -0.818. The second kappa shape index (κ2) is 8.16. The molecule has 0 saturated carbocycles. The molecule has 0 N–H and O–H groups in total. The summed E-state index contributed by atoms with van der Waals surface area (Å²) in [6.07, 6.45) is -3.08. The lowest BCUT2D eigenvalue weighted by atomic mass is 10.1. The minimum atomic E-state index is -3.65. The van der Waals surface area contributed by atoms with E-state index in [2.05, 4.69) is 9.72 Å². The number of pyridine rings is 1. The number of carbonyl (C=O) groups excluding carboxylic acids is 2. The molecule has 2 heterocycles. The van der Waals surface area contributed by atoms with Crippen molar-refractivity contribution < 1.29 is 32.6 Å². The van der Waals surface area contributed by atoms with E-state index in [0.717, 1.165) is 25.4 Å². The van der Waals surface area contributed by atoms with E-state index >= 15 is 0 Å². The van der Waals surface area contributed by atoms with Crippen LogP contribution in [0.2, 0.25) is 0 Å². The molecule has 0 aromatic carbocycles. The van der Waals surface area contributed by atoms with Gasteiger partial charge < -0.3 is 19.1 Å². The number of hydrogen-bond acceptors (Lipinski definition) is 6. The van der Waals surface area contributed by atoms with Crippen LogP contribution in [0.4, 0.5) is 13.6 Å². The first-order chi connectivity index (χ1) is 12.5. The molecule has 1 fully saturated rings. The maximum absolute atomic E-state index is 14.6. The first-order valence-corrected chi connectivity index (χ1v) is 8.60. The second-order valence-corrected chi connectivity index (χ2v) is 7.25. The first-order valence-electron chi connectivity index (χ1n) is 8.60. The van der Waals surface area contributed by atoms with E-state index in [9.17, 15) is 18.4 Å². The number of amides is 1. The van der Waals surface area contributed by atoms with Crippen LogP contribution in [0.3, 0.4) is 0 Å². The maximum Gasteiger partial charge on any atom is 0.410 e. The zero-order valence-corrected chi connectivity index (χ0v) is 15.8. The second-order valence-electron chi connectivity index (χ2n) is 7.25. The summed E-state index contributed by atoms with van der Waals surface area (Å²) in [5, 5.41) is 0. The summed E-state index contributed by atoms with van der Waals surface area (Å²) in [4.78, 5) is 28.7. The number of likely N-dealkylation sites (tertiary alicyclic amines) is 1. The molecule has 150 valence electrons. The molecule has 1 aliphatic rings. The molecule has 1 unspecified atom stereocenters. The lowest BCUT2D eigenvalue weighted by Crippen LogP contribution is -2.46. The van der Waals surface area contributed by atoms with Gasteiger partial charge in [0.1, 0.15) is 11.3 Å². The van der Waals surface area contributed by atoms with Crippen LogP contribution < -0.4 is 0 Å². The fourth-order valence-corrected chi connectivity index (χ4v) is 2.63. The van der Waals surface area contributed by atoms with E-state index in [0.29, 0.717) is 19.4 Å². The molecule has 1 atom stereocenters. The van der Waals surface area contributed by atoms with Gasteiger partial charge in [0.25, 0.3) is 0 Å². The molecule has 1 amide bonds. The van der Waals surface area contributed by atoms with Gasteiger partial charge in [-0.15, -0.1) is 0 Å². The highest BCUT2D eigenvalue weighted by atomic mass is 19.3. The van der Waals surface area contributed by atoms with Gasteiger partial charge in [0.15, 0.2) is 0 Å². The SMILES string of the molecule is COC(=O)c1cc(C(F)(F)OC2CCCN(C(=O)OC(C)(C)C)C2)ccn1. The molecule has 7 nitrogen and oxygen atoms in total. The van der Waals surface area contributed by atoms with E-state index in [4.69, 9.17) is 9.47 Å². The van der Waals surface area contributed by atoms with Crippen molar-refractivity contribution in [3.8, 4) is 0 Å². The largest absolute Gasteiger partial charge is 0.464 e. The van der Waals surface area contributed by atoms with Gasteiger partial charge >= 0.3 is 18.2 Å². The Labute approximate surface area is 156 Å². The highest BCUT2D eigenvalue weighted by Crippen LogP contribution is 2.33.